The lowest BCUT2D eigenvalue weighted by Crippen LogP contribution is -2.48. The van der Waals surface area contributed by atoms with Crippen molar-refractivity contribution in [3.05, 3.63) is 36.4 Å². The number of nitrogens with zero attached hydrogens (tertiary/aromatic N) is 3. The number of amides is 3. The van der Waals surface area contributed by atoms with Gasteiger partial charge in [0, 0.05) is 31.9 Å². The van der Waals surface area contributed by atoms with E-state index in [-0.39, 0.29) is 46.9 Å². The van der Waals surface area contributed by atoms with Crippen molar-refractivity contribution in [2.45, 2.75) is 18.2 Å². The maximum Gasteiger partial charge on any atom is 0.244 e. The number of hydrogen-bond donors (Lipinski definition) is 1. The highest BCUT2D eigenvalue weighted by Gasteiger charge is 2.59. The molecule has 4 unspecified atom stereocenters. The number of fused-ring (bicyclic) bond motifs is 5. The normalized spacial score (nSPS) is 29.7. The average molecular weight is 473 g/mol. The lowest BCUT2D eigenvalue weighted by Gasteiger charge is -2.33. The van der Waals surface area contributed by atoms with Crippen LogP contribution in [0, 0.1) is 23.7 Å². The van der Waals surface area contributed by atoms with Gasteiger partial charge in [-0.15, -0.1) is 0 Å². The fraction of sp³-hybridized carbons (Fsp3) is 0.522. The Bertz CT molecular complexity index is 1100. The van der Waals surface area contributed by atoms with Crippen LogP contribution in [0.25, 0.3) is 0 Å². The Morgan fingerprint density at radius 3 is 2.27 bits per heavy atom. The van der Waals surface area contributed by atoms with E-state index in [1.807, 2.05) is 19.1 Å². The molecule has 4 aliphatic rings. The minimum atomic E-state index is -3.68. The second kappa shape index (κ2) is 8.34. The number of anilines is 1. The molecule has 2 saturated heterocycles. The molecule has 0 spiro atoms. The molecule has 2 aliphatic carbocycles. The quantitative estimate of drug-likeness (QED) is 0.484. The molecule has 1 aromatic rings. The highest BCUT2D eigenvalue weighted by atomic mass is 32.2. The zero-order chi connectivity index (χ0) is 23.3. The molecule has 5 rings (SSSR count). The van der Waals surface area contributed by atoms with E-state index in [0.29, 0.717) is 31.9 Å². The Labute approximate surface area is 193 Å². The van der Waals surface area contributed by atoms with Crippen LogP contribution in [0.4, 0.5) is 5.69 Å². The van der Waals surface area contributed by atoms with Gasteiger partial charge in [0.05, 0.1) is 16.7 Å². The summed E-state index contributed by atoms with van der Waals surface area (Å²) in [5, 5.41) is 2.65. The number of rotatable bonds is 6. The number of imide groups is 1. The van der Waals surface area contributed by atoms with Crippen LogP contribution in [0.15, 0.2) is 41.3 Å². The SMILES string of the molecule is CCN1CCN(S(=O)(=O)c2cccc(NC(=O)CN3C(=O)C4C5C=CC(C5)C4C3=O)c2)CC1. The first kappa shape index (κ1) is 22.2. The van der Waals surface area contributed by atoms with Gasteiger partial charge in [0.1, 0.15) is 6.54 Å². The first-order valence-corrected chi connectivity index (χ1v) is 12.9. The number of piperazine rings is 1. The third kappa shape index (κ3) is 3.79. The Morgan fingerprint density at radius 1 is 1.03 bits per heavy atom. The van der Waals surface area contributed by atoms with Crippen LogP contribution >= 0.6 is 0 Å². The van der Waals surface area contributed by atoms with Crippen LogP contribution in [0.3, 0.4) is 0 Å². The second-order valence-electron chi connectivity index (χ2n) is 9.18. The number of carbonyl (C=O) groups excluding carboxylic acids is 3. The zero-order valence-corrected chi connectivity index (χ0v) is 19.3. The van der Waals surface area contributed by atoms with Gasteiger partial charge in [-0.05, 0) is 43.0 Å². The fourth-order valence-electron chi connectivity index (χ4n) is 5.63. The highest BCUT2D eigenvalue weighted by molar-refractivity contribution is 7.89. The predicted molar refractivity (Wildman–Crippen MR) is 120 cm³/mol. The monoisotopic (exact) mass is 472 g/mol. The van der Waals surface area contributed by atoms with Crippen LogP contribution < -0.4 is 5.32 Å². The Balaban J connectivity index is 1.24. The van der Waals surface area contributed by atoms with Gasteiger partial charge in [-0.3, -0.25) is 19.3 Å². The average Bonchev–Trinajstić information content (AvgIpc) is 3.49. The number of hydrogen-bond acceptors (Lipinski definition) is 6. The van der Waals surface area contributed by atoms with E-state index in [0.717, 1.165) is 17.9 Å². The van der Waals surface area contributed by atoms with Crippen molar-refractivity contribution in [3.8, 4) is 0 Å². The van der Waals surface area contributed by atoms with Crippen molar-refractivity contribution >= 4 is 33.4 Å². The largest absolute Gasteiger partial charge is 0.324 e. The third-order valence-corrected chi connectivity index (χ3v) is 9.29. The van der Waals surface area contributed by atoms with E-state index in [1.54, 1.807) is 12.1 Å². The van der Waals surface area contributed by atoms with Gasteiger partial charge in [0.15, 0.2) is 0 Å². The number of benzene rings is 1. The summed E-state index contributed by atoms with van der Waals surface area (Å²) in [6.45, 7) is 4.78. The number of sulfonamides is 1. The third-order valence-electron chi connectivity index (χ3n) is 7.40. The number of likely N-dealkylation sites (tertiary alicyclic amines) is 1. The number of allylic oxidation sites excluding steroid dienone is 2. The van der Waals surface area contributed by atoms with Crippen molar-refractivity contribution in [3.63, 3.8) is 0 Å². The minimum Gasteiger partial charge on any atom is -0.324 e. The summed E-state index contributed by atoms with van der Waals surface area (Å²) in [6, 6.07) is 6.10. The Kier molecular flexibility index (Phi) is 5.62. The molecule has 0 radical (unpaired) electrons. The Morgan fingerprint density at radius 2 is 1.67 bits per heavy atom. The standard InChI is InChI=1S/C23H28N4O5S/c1-2-25-8-10-26(11-9-25)33(31,32)18-5-3-4-17(13-18)24-19(28)14-27-22(29)20-15-6-7-16(12-15)21(20)23(27)30/h3-7,13,15-16,20-21H,2,8-12,14H2,1H3,(H,24,28). The molecule has 33 heavy (non-hydrogen) atoms. The fourth-order valence-corrected chi connectivity index (χ4v) is 7.10. The van der Waals surface area contributed by atoms with Crippen molar-refractivity contribution in [1.82, 2.24) is 14.1 Å². The molecule has 2 heterocycles. The summed E-state index contributed by atoms with van der Waals surface area (Å²) in [6.07, 6.45) is 4.85. The van der Waals surface area contributed by atoms with Crippen molar-refractivity contribution in [1.29, 1.82) is 0 Å². The smallest absolute Gasteiger partial charge is 0.244 e. The van der Waals surface area contributed by atoms with E-state index >= 15 is 0 Å². The van der Waals surface area contributed by atoms with Gasteiger partial charge in [0.2, 0.25) is 27.7 Å². The summed E-state index contributed by atoms with van der Waals surface area (Å²) in [4.78, 5) is 41.6. The molecular formula is C23H28N4O5S. The molecule has 1 aromatic carbocycles. The van der Waals surface area contributed by atoms with E-state index in [9.17, 15) is 22.8 Å². The number of likely N-dealkylation sites (N-methyl/N-ethyl adjacent to an activating group) is 1. The minimum absolute atomic E-state index is 0.0885. The van der Waals surface area contributed by atoms with Crippen LogP contribution in [0.1, 0.15) is 13.3 Å². The first-order chi connectivity index (χ1) is 15.8. The topological polar surface area (TPSA) is 107 Å². The number of carbonyl (C=O) groups is 3. The summed E-state index contributed by atoms with van der Waals surface area (Å²) < 4.78 is 27.6. The highest BCUT2D eigenvalue weighted by Crippen LogP contribution is 2.52. The van der Waals surface area contributed by atoms with E-state index in [2.05, 4.69) is 10.2 Å². The lowest BCUT2D eigenvalue weighted by molar-refractivity contribution is -0.143. The summed E-state index contributed by atoms with van der Waals surface area (Å²) >= 11 is 0. The molecule has 1 saturated carbocycles. The van der Waals surface area contributed by atoms with Crippen molar-refractivity contribution in [2.75, 3.05) is 44.6 Å². The van der Waals surface area contributed by atoms with Crippen LogP contribution in [-0.4, -0.2) is 79.5 Å². The van der Waals surface area contributed by atoms with Crippen LogP contribution in [0.2, 0.25) is 0 Å². The van der Waals surface area contributed by atoms with Gasteiger partial charge in [0.25, 0.3) is 0 Å². The van der Waals surface area contributed by atoms with E-state index in [1.165, 1.54) is 16.4 Å². The van der Waals surface area contributed by atoms with Gasteiger partial charge < -0.3 is 10.2 Å². The molecule has 1 N–H and O–H groups in total. The molecule has 2 bridgehead atoms. The van der Waals surface area contributed by atoms with Crippen LogP contribution in [0.5, 0.6) is 0 Å². The maximum atomic E-state index is 13.1. The molecule has 2 aliphatic heterocycles. The van der Waals surface area contributed by atoms with Gasteiger partial charge >= 0.3 is 0 Å². The van der Waals surface area contributed by atoms with Gasteiger partial charge in [-0.2, -0.15) is 4.31 Å². The Hall–Kier alpha value is -2.56. The number of nitrogens with one attached hydrogen (secondary N) is 1. The molecule has 9 nitrogen and oxygen atoms in total. The molecule has 10 heteroatoms. The van der Waals surface area contributed by atoms with Gasteiger partial charge in [-0.25, -0.2) is 8.42 Å². The molecule has 3 amide bonds. The van der Waals surface area contributed by atoms with Gasteiger partial charge in [-0.1, -0.05) is 25.1 Å². The summed E-state index contributed by atoms with van der Waals surface area (Å²) in [5.74, 6) is -1.60. The molecule has 3 fully saturated rings. The van der Waals surface area contributed by atoms with Crippen molar-refractivity contribution in [2.24, 2.45) is 23.7 Å². The molecular weight excluding hydrogens is 444 g/mol. The first-order valence-electron chi connectivity index (χ1n) is 11.5. The maximum absolute atomic E-state index is 13.1. The van der Waals surface area contributed by atoms with Crippen LogP contribution in [-0.2, 0) is 24.4 Å². The second-order valence-corrected chi connectivity index (χ2v) is 11.1. The van der Waals surface area contributed by atoms with E-state index < -0.39 is 15.9 Å². The van der Waals surface area contributed by atoms with Crippen molar-refractivity contribution < 1.29 is 22.8 Å². The molecule has 0 aromatic heterocycles. The molecule has 176 valence electrons. The summed E-state index contributed by atoms with van der Waals surface area (Å²) in [5.41, 5.74) is 0.314. The van der Waals surface area contributed by atoms with E-state index in [4.69, 9.17) is 0 Å². The predicted octanol–water partition coefficient (Wildman–Crippen LogP) is 0.758. The zero-order valence-electron chi connectivity index (χ0n) is 18.5. The molecule has 4 atom stereocenters. The lowest BCUT2D eigenvalue weighted by atomic mass is 9.85. The summed E-state index contributed by atoms with van der Waals surface area (Å²) in [7, 11) is -3.68.